The Morgan fingerprint density at radius 2 is 2.00 bits per heavy atom. The van der Waals surface area contributed by atoms with Crippen LogP contribution in [0.3, 0.4) is 0 Å². The Labute approximate surface area is 149 Å². The maximum absolute atomic E-state index is 12.3. The molecule has 1 aliphatic rings. The van der Waals surface area contributed by atoms with Gasteiger partial charge in [-0.2, -0.15) is 5.26 Å². The minimum atomic E-state index is -0.779. The zero-order valence-electron chi connectivity index (χ0n) is 13.4. The summed E-state index contributed by atoms with van der Waals surface area (Å²) in [4.78, 5) is 12.3. The molecule has 25 heavy (non-hydrogen) atoms. The lowest BCUT2D eigenvalue weighted by Gasteiger charge is -2.20. The number of ether oxygens (including phenoxy) is 3. The Bertz CT molecular complexity index is 847. The topological polar surface area (TPSA) is 80.6 Å². The van der Waals surface area contributed by atoms with Crippen LogP contribution in [0.2, 0.25) is 5.02 Å². The zero-order valence-corrected chi connectivity index (χ0v) is 14.2. The van der Waals surface area contributed by atoms with Gasteiger partial charge in [-0.25, -0.2) is 0 Å². The summed E-state index contributed by atoms with van der Waals surface area (Å²) in [6.45, 7) is 2.60. The molecule has 6 nitrogen and oxygen atoms in total. The number of rotatable bonds is 4. The first kappa shape index (κ1) is 16.9. The summed E-state index contributed by atoms with van der Waals surface area (Å²) in [5, 5.41) is 11.9. The molecule has 0 aliphatic carbocycles. The molecule has 1 heterocycles. The number of nitrogens with one attached hydrogen (secondary N) is 1. The zero-order chi connectivity index (χ0) is 17.8. The Hall–Kier alpha value is -2.91. The summed E-state index contributed by atoms with van der Waals surface area (Å²) in [7, 11) is 0. The first-order valence-corrected chi connectivity index (χ1v) is 8.01. The molecule has 2 aromatic carbocycles. The van der Waals surface area contributed by atoms with Crippen molar-refractivity contribution in [3.63, 3.8) is 0 Å². The molecule has 128 valence electrons. The SMILES string of the molecule is C[C@H](Oc1ccc(C#N)cc1Cl)C(=O)Nc1ccc2c(c1)OCCO2. The van der Waals surface area contributed by atoms with E-state index in [0.29, 0.717) is 41.7 Å². The van der Waals surface area contributed by atoms with Gasteiger partial charge in [-0.1, -0.05) is 11.6 Å². The molecular formula is C18H15ClN2O4. The minimum absolute atomic E-state index is 0.276. The summed E-state index contributed by atoms with van der Waals surface area (Å²) in [5.74, 6) is 1.24. The van der Waals surface area contributed by atoms with Gasteiger partial charge in [0.1, 0.15) is 19.0 Å². The van der Waals surface area contributed by atoms with E-state index >= 15 is 0 Å². The minimum Gasteiger partial charge on any atom is -0.486 e. The van der Waals surface area contributed by atoms with Crippen molar-refractivity contribution in [2.24, 2.45) is 0 Å². The van der Waals surface area contributed by atoms with Crippen molar-refractivity contribution in [3.05, 3.63) is 47.0 Å². The van der Waals surface area contributed by atoms with Crippen molar-refractivity contribution in [2.75, 3.05) is 18.5 Å². The van der Waals surface area contributed by atoms with Gasteiger partial charge in [0.05, 0.1) is 16.7 Å². The molecule has 0 unspecified atom stereocenters. The number of carbonyl (C=O) groups is 1. The smallest absolute Gasteiger partial charge is 0.265 e. The predicted molar refractivity (Wildman–Crippen MR) is 92.3 cm³/mol. The van der Waals surface area contributed by atoms with E-state index in [2.05, 4.69) is 5.32 Å². The van der Waals surface area contributed by atoms with E-state index in [0.717, 1.165) is 0 Å². The Morgan fingerprint density at radius 3 is 2.72 bits per heavy atom. The van der Waals surface area contributed by atoms with Crippen molar-refractivity contribution < 1.29 is 19.0 Å². The highest BCUT2D eigenvalue weighted by molar-refractivity contribution is 6.32. The lowest BCUT2D eigenvalue weighted by atomic mass is 10.2. The van der Waals surface area contributed by atoms with Gasteiger partial charge >= 0.3 is 0 Å². The summed E-state index contributed by atoms with van der Waals surface area (Å²) in [6, 6.07) is 11.8. The van der Waals surface area contributed by atoms with Crippen molar-refractivity contribution in [2.45, 2.75) is 13.0 Å². The molecule has 1 atom stereocenters. The molecule has 3 rings (SSSR count). The first-order valence-electron chi connectivity index (χ1n) is 7.63. The van der Waals surface area contributed by atoms with Gasteiger partial charge < -0.3 is 19.5 Å². The molecule has 0 radical (unpaired) electrons. The maximum atomic E-state index is 12.3. The van der Waals surface area contributed by atoms with Crippen LogP contribution in [0.25, 0.3) is 0 Å². The third-order valence-corrected chi connectivity index (χ3v) is 3.84. The lowest BCUT2D eigenvalue weighted by molar-refractivity contribution is -0.122. The Morgan fingerprint density at radius 1 is 1.24 bits per heavy atom. The van der Waals surface area contributed by atoms with Crippen LogP contribution in [0, 0.1) is 11.3 Å². The van der Waals surface area contributed by atoms with Crippen LogP contribution < -0.4 is 19.5 Å². The van der Waals surface area contributed by atoms with Crippen molar-refractivity contribution in [1.29, 1.82) is 5.26 Å². The fourth-order valence-corrected chi connectivity index (χ4v) is 2.50. The number of halogens is 1. The molecule has 0 saturated heterocycles. The van der Waals surface area contributed by atoms with E-state index in [1.807, 2.05) is 6.07 Å². The molecule has 0 saturated carbocycles. The average molecular weight is 359 g/mol. The number of hydrogen-bond acceptors (Lipinski definition) is 5. The number of anilines is 1. The van der Waals surface area contributed by atoms with Crippen LogP contribution in [0.4, 0.5) is 5.69 Å². The van der Waals surface area contributed by atoms with Crippen molar-refractivity contribution in [3.8, 4) is 23.3 Å². The van der Waals surface area contributed by atoms with Gasteiger partial charge in [0, 0.05) is 11.8 Å². The number of benzene rings is 2. The number of nitrogens with zero attached hydrogens (tertiary/aromatic N) is 1. The summed E-state index contributed by atoms with van der Waals surface area (Å²) >= 11 is 6.06. The van der Waals surface area contributed by atoms with Gasteiger partial charge in [-0.15, -0.1) is 0 Å². The maximum Gasteiger partial charge on any atom is 0.265 e. The standard InChI is InChI=1S/C18H15ClN2O4/c1-11(25-15-4-2-12(10-20)8-14(15)19)18(22)21-13-3-5-16-17(9-13)24-7-6-23-16/h2-5,8-9,11H,6-7H2,1H3,(H,21,22)/t11-/m0/s1. The number of hydrogen-bond donors (Lipinski definition) is 1. The number of nitriles is 1. The number of fused-ring (bicyclic) bond motifs is 1. The van der Waals surface area contributed by atoms with E-state index in [4.69, 9.17) is 31.1 Å². The molecule has 0 bridgehead atoms. The second kappa shape index (κ2) is 7.32. The van der Waals surface area contributed by atoms with Crippen molar-refractivity contribution in [1.82, 2.24) is 0 Å². The van der Waals surface area contributed by atoms with Crippen LogP contribution in [0.5, 0.6) is 17.2 Å². The highest BCUT2D eigenvalue weighted by atomic mass is 35.5. The average Bonchev–Trinajstić information content (AvgIpc) is 2.63. The molecule has 0 spiro atoms. The van der Waals surface area contributed by atoms with Crippen LogP contribution in [-0.4, -0.2) is 25.2 Å². The third kappa shape index (κ3) is 3.95. The molecule has 7 heteroatoms. The second-order valence-corrected chi connectivity index (χ2v) is 5.77. The number of carbonyl (C=O) groups excluding carboxylic acids is 1. The van der Waals surface area contributed by atoms with Gasteiger partial charge in [0.15, 0.2) is 17.6 Å². The largest absolute Gasteiger partial charge is 0.486 e. The first-order chi connectivity index (χ1) is 12.1. The highest BCUT2D eigenvalue weighted by Gasteiger charge is 2.18. The van der Waals surface area contributed by atoms with Crippen LogP contribution >= 0.6 is 11.6 Å². The van der Waals surface area contributed by atoms with Crippen molar-refractivity contribution >= 4 is 23.2 Å². The normalized spacial score (nSPS) is 13.5. The van der Waals surface area contributed by atoms with Crippen LogP contribution in [0.15, 0.2) is 36.4 Å². The molecule has 2 aromatic rings. The van der Waals surface area contributed by atoms with E-state index in [1.54, 1.807) is 37.3 Å². The van der Waals surface area contributed by atoms with Gasteiger partial charge in [0.2, 0.25) is 0 Å². The fourth-order valence-electron chi connectivity index (χ4n) is 2.27. The van der Waals surface area contributed by atoms with Gasteiger partial charge in [-0.05, 0) is 37.3 Å². The molecule has 1 amide bonds. The van der Waals surface area contributed by atoms with E-state index in [-0.39, 0.29) is 10.9 Å². The summed E-state index contributed by atoms with van der Waals surface area (Å²) < 4.78 is 16.5. The predicted octanol–water partition coefficient (Wildman–Crippen LogP) is 3.39. The van der Waals surface area contributed by atoms with Gasteiger partial charge in [-0.3, -0.25) is 4.79 Å². The molecular weight excluding hydrogens is 344 g/mol. The fraction of sp³-hybridized carbons (Fsp3) is 0.222. The van der Waals surface area contributed by atoms with Gasteiger partial charge in [0.25, 0.3) is 5.91 Å². The monoisotopic (exact) mass is 358 g/mol. The lowest BCUT2D eigenvalue weighted by Crippen LogP contribution is -2.30. The van der Waals surface area contributed by atoms with E-state index in [9.17, 15) is 4.79 Å². The third-order valence-electron chi connectivity index (χ3n) is 3.54. The van der Waals surface area contributed by atoms with Crippen LogP contribution in [0.1, 0.15) is 12.5 Å². The van der Waals surface area contributed by atoms with Crippen LogP contribution in [-0.2, 0) is 4.79 Å². The Kier molecular flexibility index (Phi) is 4.96. The van der Waals surface area contributed by atoms with E-state index in [1.165, 1.54) is 6.07 Å². The Balaban J connectivity index is 1.66. The summed E-state index contributed by atoms with van der Waals surface area (Å²) in [6.07, 6.45) is -0.779. The quantitative estimate of drug-likeness (QED) is 0.906. The number of amides is 1. The van der Waals surface area contributed by atoms with E-state index < -0.39 is 6.10 Å². The second-order valence-electron chi connectivity index (χ2n) is 5.36. The molecule has 0 aromatic heterocycles. The molecule has 1 N–H and O–H groups in total. The summed E-state index contributed by atoms with van der Waals surface area (Å²) in [5.41, 5.74) is 1.00. The molecule has 0 fully saturated rings. The molecule has 1 aliphatic heterocycles. The highest BCUT2D eigenvalue weighted by Crippen LogP contribution is 2.32.